The Morgan fingerprint density at radius 1 is 1.08 bits per heavy atom. The smallest absolute Gasteiger partial charge is 0.315 e. The Labute approximate surface area is 228 Å². The quantitative estimate of drug-likeness (QED) is 0.236. The van der Waals surface area contributed by atoms with Gasteiger partial charge in [0.05, 0.1) is 12.1 Å². The summed E-state index contributed by atoms with van der Waals surface area (Å²) >= 11 is 0. The van der Waals surface area contributed by atoms with Crippen molar-refractivity contribution < 1.29 is 9.53 Å². The highest BCUT2D eigenvalue weighted by molar-refractivity contribution is 5.93. The highest BCUT2D eigenvalue weighted by Gasteiger charge is 2.18. The summed E-state index contributed by atoms with van der Waals surface area (Å²) in [5.74, 6) is 0.859. The summed E-state index contributed by atoms with van der Waals surface area (Å²) in [5, 5.41) is 10.7. The van der Waals surface area contributed by atoms with E-state index in [1.807, 2.05) is 45.9 Å². The van der Waals surface area contributed by atoms with Crippen molar-refractivity contribution in [3.8, 4) is 5.75 Å². The molecule has 0 spiro atoms. The average molecular weight is 520 g/mol. The second-order valence-electron chi connectivity index (χ2n) is 11.0. The van der Waals surface area contributed by atoms with E-state index < -0.39 is 0 Å². The number of urea groups is 1. The number of hydrogen-bond donors (Lipinski definition) is 3. The standard InChI is InChI=1S/C31H45N5O2/c1-8-25(21-32-30(37)35-31(5,6)7)36(9-2)15-12-16-38-26-18-22(3)17-24(20-26)34-29-19-23(4)33-28-14-11-10-13-27(28)29/h10-11,13-14,17-20,25H,8-9,12,15-16,21H2,1-7H3,(H,33,34)(H2,32,35,37). The SMILES string of the molecule is CCC(CNC(=O)NC(C)(C)C)N(CC)CCCOc1cc(C)cc(Nc2cc(C)nc3ccccc23)c1. The molecule has 3 aromatic rings. The van der Waals surface area contributed by atoms with E-state index in [4.69, 9.17) is 4.74 Å². The maximum absolute atomic E-state index is 12.2. The minimum atomic E-state index is -0.246. The van der Waals surface area contributed by atoms with E-state index in [2.05, 4.69) is 76.9 Å². The number of benzene rings is 2. The van der Waals surface area contributed by atoms with Crippen molar-refractivity contribution in [1.29, 1.82) is 0 Å². The van der Waals surface area contributed by atoms with Gasteiger partial charge in [0.15, 0.2) is 0 Å². The van der Waals surface area contributed by atoms with Gasteiger partial charge in [-0.3, -0.25) is 9.88 Å². The van der Waals surface area contributed by atoms with Crippen LogP contribution >= 0.6 is 0 Å². The fourth-order valence-corrected chi connectivity index (χ4v) is 4.65. The third kappa shape index (κ3) is 8.91. The molecule has 1 atom stereocenters. The maximum Gasteiger partial charge on any atom is 0.315 e. The summed E-state index contributed by atoms with van der Waals surface area (Å²) in [6.45, 7) is 17.5. The molecule has 7 nitrogen and oxygen atoms in total. The average Bonchev–Trinajstić information content (AvgIpc) is 2.84. The number of fused-ring (bicyclic) bond motifs is 1. The lowest BCUT2D eigenvalue weighted by Gasteiger charge is -2.31. The number of amides is 2. The third-order valence-corrected chi connectivity index (χ3v) is 6.41. The van der Waals surface area contributed by atoms with Crippen LogP contribution in [0.25, 0.3) is 10.9 Å². The fraction of sp³-hybridized carbons (Fsp3) is 0.484. The van der Waals surface area contributed by atoms with Gasteiger partial charge in [-0.2, -0.15) is 0 Å². The van der Waals surface area contributed by atoms with Crippen LogP contribution in [0.2, 0.25) is 0 Å². The van der Waals surface area contributed by atoms with E-state index in [0.717, 1.165) is 65.2 Å². The highest BCUT2D eigenvalue weighted by Crippen LogP contribution is 2.29. The van der Waals surface area contributed by atoms with Crippen LogP contribution in [-0.2, 0) is 0 Å². The number of aryl methyl sites for hydroxylation is 2. The van der Waals surface area contributed by atoms with Gasteiger partial charge in [-0.25, -0.2) is 4.79 Å². The third-order valence-electron chi connectivity index (χ3n) is 6.41. The number of pyridine rings is 1. The normalized spacial score (nSPS) is 12.4. The Kier molecular flexibility index (Phi) is 10.4. The summed E-state index contributed by atoms with van der Waals surface area (Å²) in [4.78, 5) is 19.3. The lowest BCUT2D eigenvalue weighted by atomic mass is 10.1. The van der Waals surface area contributed by atoms with Crippen molar-refractivity contribution in [2.24, 2.45) is 0 Å². The number of hydrogen-bond acceptors (Lipinski definition) is 5. The monoisotopic (exact) mass is 519 g/mol. The molecule has 0 fully saturated rings. The van der Waals surface area contributed by atoms with Gasteiger partial charge in [-0.1, -0.05) is 32.0 Å². The predicted octanol–water partition coefficient (Wildman–Crippen LogP) is 6.56. The van der Waals surface area contributed by atoms with Gasteiger partial charge >= 0.3 is 6.03 Å². The van der Waals surface area contributed by atoms with E-state index in [9.17, 15) is 4.79 Å². The Bertz CT molecular complexity index is 1200. The zero-order valence-electron chi connectivity index (χ0n) is 24.1. The first-order valence-electron chi connectivity index (χ1n) is 13.8. The molecule has 0 aliphatic heterocycles. The predicted molar refractivity (Wildman–Crippen MR) is 159 cm³/mol. The number of rotatable bonds is 12. The molecule has 2 aromatic carbocycles. The van der Waals surface area contributed by atoms with Crippen molar-refractivity contribution >= 4 is 28.3 Å². The number of aromatic nitrogens is 1. The summed E-state index contributed by atoms with van der Waals surface area (Å²) < 4.78 is 6.18. The van der Waals surface area contributed by atoms with Crippen molar-refractivity contribution in [1.82, 2.24) is 20.5 Å². The van der Waals surface area contributed by atoms with Crippen molar-refractivity contribution in [3.63, 3.8) is 0 Å². The zero-order chi connectivity index (χ0) is 27.7. The Hall–Kier alpha value is -3.32. The van der Waals surface area contributed by atoms with E-state index in [1.54, 1.807) is 0 Å². The molecule has 0 saturated heterocycles. The molecule has 1 unspecified atom stereocenters. The maximum atomic E-state index is 12.2. The number of likely N-dealkylation sites (N-methyl/N-ethyl adjacent to an activating group) is 1. The molecule has 0 radical (unpaired) electrons. The van der Waals surface area contributed by atoms with Crippen LogP contribution in [0.4, 0.5) is 16.2 Å². The molecule has 3 rings (SSSR count). The summed E-state index contributed by atoms with van der Waals surface area (Å²) in [5.41, 5.74) is 4.89. The number of nitrogens with zero attached hydrogens (tertiary/aromatic N) is 2. The van der Waals surface area contributed by atoms with Crippen LogP contribution in [0, 0.1) is 13.8 Å². The molecule has 1 aromatic heterocycles. The number of nitrogens with one attached hydrogen (secondary N) is 3. The van der Waals surface area contributed by atoms with Gasteiger partial charge in [0.2, 0.25) is 0 Å². The molecular weight excluding hydrogens is 474 g/mol. The lowest BCUT2D eigenvalue weighted by Crippen LogP contribution is -2.50. The first kappa shape index (κ1) is 29.2. The van der Waals surface area contributed by atoms with Gasteiger partial charge < -0.3 is 20.7 Å². The molecule has 3 N–H and O–H groups in total. The molecule has 0 saturated carbocycles. The Balaban J connectivity index is 1.55. The van der Waals surface area contributed by atoms with Crippen LogP contribution in [0.3, 0.4) is 0 Å². The second kappa shape index (κ2) is 13.5. The topological polar surface area (TPSA) is 78.5 Å². The zero-order valence-corrected chi connectivity index (χ0v) is 24.1. The number of para-hydroxylation sites is 1. The lowest BCUT2D eigenvalue weighted by molar-refractivity contribution is 0.176. The van der Waals surface area contributed by atoms with E-state index in [-0.39, 0.29) is 11.6 Å². The summed E-state index contributed by atoms with van der Waals surface area (Å²) in [7, 11) is 0. The molecule has 2 amide bonds. The molecule has 7 heteroatoms. The number of carbonyl (C=O) groups excluding carboxylic acids is 1. The summed E-state index contributed by atoms with van der Waals surface area (Å²) in [6.07, 6.45) is 1.88. The first-order valence-corrected chi connectivity index (χ1v) is 13.8. The Morgan fingerprint density at radius 3 is 2.55 bits per heavy atom. The van der Waals surface area contributed by atoms with Crippen LogP contribution in [0.1, 0.15) is 58.7 Å². The number of carbonyl (C=O) groups is 1. The van der Waals surface area contributed by atoms with Crippen LogP contribution in [0.5, 0.6) is 5.75 Å². The molecule has 38 heavy (non-hydrogen) atoms. The van der Waals surface area contributed by atoms with Gasteiger partial charge in [0.25, 0.3) is 0 Å². The van der Waals surface area contributed by atoms with Gasteiger partial charge in [0, 0.05) is 53.2 Å². The van der Waals surface area contributed by atoms with Crippen molar-refractivity contribution in [3.05, 3.63) is 59.8 Å². The number of anilines is 2. The van der Waals surface area contributed by atoms with Gasteiger partial charge in [0.1, 0.15) is 5.75 Å². The molecule has 0 aliphatic carbocycles. The Morgan fingerprint density at radius 2 is 1.84 bits per heavy atom. The van der Waals surface area contributed by atoms with E-state index in [1.165, 1.54) is 0 Å². The van der Waals surface area contributed by atoms with E-state index in [0.29, 0.717) is 19.2 Å². The second-order valence-corrected chi connectivity index (χ2v) is 11.0. The largest absolute Gasteiger partial charge is 0.493 e. The fourth-order valence-electron chi connectivity index (χ4n) is 4.65. The number of ether oxygens (including phenoxy) is 1. The van der Waals surface area contributed by atoms with Crippen molar-refractivity contribution in [2.45, 2.75) is 72.9 Å². The van der Waals surface area contributed by atoms with Crippen LogP contribution in [0.15, 0.2) is 48.5 Å². The molecule has 0 aliphatic rings. The first-order chi connectivity index (χ1) is 18.1. The minimum absolute atomic E-state index is 0.117. The van der Waals surface area contributed by atoms with Gasteiger partial charge in [-0.15, -0.1) is 0 Å². The molecular formula is C31H45N5O2. The minimum Gasteiger partial charge on any atom is -0.493 e. The molecule has 1 heterocycles. The van der Waals surface area contributed by atoms with Gasteiger partial charge in [-0.05, 0) is 83.8 Å². The molecule has 0 bridgehead atoms. The molecule has 206 valence electrons. The summed E-state index contributed by atoms with van der Waals surface area (Å²) in [6, 6.07) is 16.7. The van der Waals surface area contributed by atoms with Crippen LogP contribution in [-0.4, -0.2) is 53.7 Å². The van der Waals surface area contributed by atoms with E-state index >= 15 is 0 Å². The van der Waals surface area contributed by atoms with Crippen LogP contribution < -0.4 is 20.7 Å². The van der Waals surface area contributed by atoms with Crippen molar-refractivity contribution in [2.75, 3.05) is 31.6 Å². The highest BCUT2D eigenvalue weighted by atomic mass is 16.5.